The summed E-state index contributed by atoms with van der Waals surface area (Å²) < 4.78 is 39.2. The molecule has 6 nitrogen and oxygen atoms in total. The fourth-order valence-electron chi connectivity index (χ4n) is 2.04. The van der Waals surface area contributed by atoms with Crippen LogP contribution in [-0.2, 0) is 24.6 Å². The molecule has 0 aliphatic rings. The van der Waals surface area contributed by atoms with Crippen LogP contribution in [0.4, 0.5) is 13.2 Å². The van der Waals surface area contributed by atoms with Crippen LogP contribution >= 0.6 is 11.3 Å². The first-order chi connectivity index (χ1) is 10.7. The van der Waals surface area contributed by atoms with E-state index >= 15 is 0 Å². The Bertz CT molecular complexity index is 681. The predicted molar refractivity (Wildman–Crippen MR) is 78.6 cm³/mol. The van der Waals surface area contributed by atoms with E-state index < -0.39 is 17.9 Å². The predicted octanol–water partition coefficient (Wildman–Crippen LogP) is 1.81. The number of rotatable bonds is 5. The van der Waals surface area contributed by atoms with E-state index in [1.165, 1.54) is 11.9 Å². The number of halogens is 3. The Balaban J connectivity index is 2.08. The van der Waals surface area contributed by atoms with E-state index in [0.29, 0.717) is 5.56 Å². The van der Waals surface area contributed by atoms with Crippen molar-refractivity contribution in [3.63, 3.8) is 0 Å². The van der Waals surface area contributed by atoms with Gasteiger partial charge in [-0.2, -0.15) is 18.3 Å². The molecule has 1 amide bonds. The third-order valence-corrected chi connectivity index (χ3v) is 4.02. The van der Waals surface area contributed by atoms with Crippen LogP contribution in [0.2, 0.25) is 0 Å². The molecule has 0 fully saturated rings. The molecule has 2 heterocycles. The highest BCUT2D eigenvalue weighted by molar-refractivity contribution is 7.09. The summed E-state index contributed by atoms with van der Waals surface area (Å²) in [5.41, 5.74) is -0.252. The van der Waals surface area contributed by atoms with Gasteiger partial charge in [-0.25, -0.2) is 4.98 Å². The number of aryl methyl sites for hydroxylation is 1. The summed E-state index contributed by atoms with van der Waals surface area (Å²) in [5, 5.41) is 8.08. The number of carbonyl (C=O) groups excluding carboxylic acids is 1. The van der Waals surface area contributed by atoms with Gasteiger partial charge in [0.2, 0.25) is 5.91 Å². The molecule has 1 atom stereocenters. The minimum Gasteiger partial charge on any atom is -0.337 e. The van der Waals surface area contributed by atoms with Crippen molar-refractivity contribution in [3.05, 3.63) is 34.0 Å². The lowest BCUT2D eigenvalue weighted by Crippen LogP contribution is -2.37. The SMILES string of the molecule is CNC(C(=O)N(C)Cc1nc(C(F)(F)F)cs1)c1cnn(C)c1. The van der Waals surface area contributed by atoms with Gasteiger partial charge in [-0.05, 0) is 7.05 Å². The maximum atomic E-state index is 12.5. The molecule has 126 valence electrons. The van der Waals surface area contributed by atoms with Crippen molar-refractivity contribution in [2.45, 2.75) is 18.8 Å². The van der Waals surface area contributed by atoms with Gasteiger partial charge in [0, 0.05) is 31.2 Å². The van der Waals surface area contributed by atoms with Crippen LogP contribution in [0.25, 0.3) is 0 Å². The monoisotopic (exact) mass is 347 g/mol. The van der Waals surface area contributed by atoms with Gasteiger partial charge < -0.3 is 10.2 Å². The van der Waals surface area contributed by atoms with Crippen LogP contribution in [-0.4, -0.2) is 39.7 Å². The molecule has 0 aliphatic carbocycles. The number of hydrogen-bond donors (Lipinski definition) is 1. The highest BCUT2D eigenvalue weighted by atomic mass is 32.1. The molecule has 2 aromatic rings. The first kappa shape index (κ1) is 17.4. The minimum absolute atomic E-state index is 0.0119. The molecule has 0 saturated heterocycles. The van der Waals surface area contributed by atoms with Crippen LogP contribution in [0.5, 0.6) is 0 Å². The van der Waals surface area contributed by atoms with Crippen LogP contribution in [0, 0.1) is 0 Å². The van der Waals surface area contributed by atoms with Crippen molar-refractivity contribution < 1.29 is 18.0 Å². The highest BCUT2D eigenvalue weighted by Crippen LogP contribution is 2.30. The molecule has 1 unspecified atom stereocenters. The zero-order chi connectivity index (χ0) is 17.2. The van der Waals surface area contributed by atoms with Gasteiger partial charge >= 0.3 is 6.18 Å². The molecule has 1 N–H and O–H groups in total. The number of alkyl halides is 3. The Morgan fingerprint density at radius 1 is 1.52 bits per heavy atom. The van der Waals surface area contributed by atoms with E-state index in [0.717, 1.165) is 16.7 Å². The van der Waals surface area contributed by atoms with Gasteiger partial charge in [0.1, 0.15) is 11.0 Å². The number of carbonyl (C=O) groups is 1. The average molecular weight is 347 g/mol. The summed E-state index contributed by atoms with van der Waals surface area (Å²) in [7, 11) is 4.89. The van der Waals surface area contributed by atoms with Crippen LogP contribution in [0.15, 0.2) is 17.8 Å². The largest absolute Gasteiger partial charge is 0.434 e. The summed E-state index contributed by atoms with van der Waals surface area (Å²) in [5.74, 6) is -0.274. The quantitative estimate of drug-likeness (QED) is 0.896. The summed E-state index contributed by atoms with van der Waals surface area (Å²) in [4.78, 5) is 17.3. The van der Waals surface area contributed by atoms with Crippen molar-refractivity contribution in [2.24, 2.45) is 7.05 Å². The van der Waals surface area contributed by atoms with E-state index in [2.05, 4.69) is 15.4 Å². The van der Waals surface area contributed by atoms with Gasteiger partial charge in [-0.3, -0.25) is 9.48 Å². The number of aromatic nitrogens is 3. The van der Waals surface area contributed by atoms with Gasteiger partial charge in [-0.1, -0.05) is 0 Å². The van der Waals surface area contributed by atoms with Crippen molar-refractivity contribution in [2.75, 3.05) is 14.1 Å². The number of thiazole rings is 1. The van der Waals surface area contributed by atoms with Crippen LogP contribution in [0.3, 0.4) is 0 Å². The molecule has 0 aromatic carbocycles. The zero-order valence-electron chi connectivity index (χ0n) is 12.8. The summed E-state index contributed by atoms with van der Waals surface area (Å²) in [6, 6.07) is -0.615. The molecule has 2 aromatic heterocycles. The van der Waals surface area contributed by atoms with Crippen LogP contribution < -0.4 is 5.32 Å². The van der Waals surface area contributed by atoms with E-state index in [-0.39, 0.29) is 17.5 Å². The Morgan fingerprint density at radius 2 is 2.22 bits per heavy atom. The number of nitrogens with one attached hydrogen (secondary N) is 1. The first-order valence-corrected chi connectivity index (χ1v) is 7.52. The molecule has 0 bridgehead atoms. The standard InChI is InChI=1S/C13H16F3N5OS/c1-17-11(8-4-18-21(3)5-8)12(22)20(2)6-10-19-9(7-23-10)13(14,15)16/h4-5,7,11,17H,6H2,1-3H3. The molecular weight excluding hydrogens is 331 g/mol. The molecule has 0 spiro atoms. The lowest BCUT2D eigenvalue weighted by molar-refractivity contribution is -0.140. The second kappa shape index (κ2) is 6.67. The summed E-state index contributed by atoms with van der Waals surface area (Å²) >= 11 is 0.880. The number of likely N-dealkylation sites (N-methyl/N-ethyl adjacent to an activating group) is 2. The number of hydrogen-bond acceptors (Lipinski definition) is 5. The second-order valence-electron chi connectivity index (χ2n) is 4.99. The third kappa shape index (κ3) is 4.08. The maximum Gasteiger partial charge on any atom is 0.434 e. The molecule has 10 heteroatoms. The smallest absolute Gasteiger partial charge is 0.337 e. The third-order valence-electron chi connectivity index (χ3n) is 3.18. The molecule has 0 radical (unpaired) electrons. The molecular formula is C13H16F3N5OS. The van der Waals surface area contributed by atoms with Crippen molar-refractivity contribution >= 4 is 17.2 Å². The van der Waals surface area contributed by atoms with Crippen molar-refractivity contribution in [1.29, 1.82) is 0 Å². The fraction of sp³-hybridized carbons (Fsp3) is 0.462. The number of amides is 1. The lowest BCUT2D eigenvalue weighted by Gasteiger charge is -2.22. The van der Waals surface area contributed by atoms with E-state index in [4.69, 9.17) is 0 Å². The van der Waals surface area contributed by atoms with Gasteiger partial charge in [0.25, 0.3) is 0 Å². The second-order valence-corrected chi connectivity index (χ2v) is 5.93. The fourth-order valence-corrected chi connectivity index (χ4v) is 2.89. The Kier molecular flexibility index (Phi) is 5.05. The molecule has 0 saturated carbocycles. The van der Waals surface area contributed by atoms with E-state index in [1.54, 1.807) is 31.2 Å². The van der Waals surface area contributed by atoms with Gasteiger partial charge in [0.05, 0.1) is 12.7 Å². The Labute approximate surface area is 134 Å². The van der Waals surface area contributed by atoms with Crippen molar-refractivity contribution in [3.8, 4) is 0 Å². The van der Waals surface area contributed by atoms with Gasteiger partial charge in [0.15, 0.2) is 5.69 Å². The summed E-state index contributed by atoms with van der Waals surface area (Å²) in [6.07, 6.45) is -1.20. The van der Waals surface area contributed by atoms with E-state index in [9.17, 15) is 18.0 Å². The summed E-state index contributed by atoms with van der Waals surface area (Å²) in [6.45, 7) is 0.0119. The Hall–Kier alpha value is -1.94. The zero-order valence-corrected chi connectivity index (χ0v) is 13.6. The normalized spacial score (nSPS) is 13.1. The average Bonchev–Trinajstić information content (AvgIpc) is 3.08. The maximum absolute atomic E-state index is 12.5. The first-order valence-electron chi connectivity index (χ1n) is 6.64. The lowest BCUT2D eigenvalue weighted by atomic mass is 10.1. The van der Waals surface area contributed by atoms with Crippen LogP contribution in [0.1, 0.15) is 22.3 Å². The molecule has 2 rings (SSSR count). The van der Waals surface area contributed by atoms with Crippen molar-refractivity contribution in [1.82, 2.24) is 25.0 Å². The number of nitrogens with zero attached hydrogens (tertiary/aromatic N) is 4. The molecule has 23 heavy (non-hydrogen) atoms. The van der Waals surface area contributed by atoms with E-state index in [1.807, 2.05) is 0 Å². The van der Waals surface area contributed by atoms with Gasteiger partial charge in [-0.15, -0.1) is 11.3 Å². The minimum atomic E-state index is -4.47. The molecule has 0 aliphatic heterocycles. The highest BCUT2D eigenvalue weighted by Gasteiger charge is 2.34. The topological polar surface area (TPSA) is 63.1 Å². The Morgan fingerprint density at radius 3 is 2.70 bits per heavy atom.